The first kappa shape index (κ1) is 17.4. The van der Waals surface area contributed by atoms with Gasteiger partial charge in [0.15, 0.2) is 11.6 Å². The molecule has 0 radical (unpaired) electrons. The maximum Gasteiger partial charge on any atom is 0.452 e. The van der Waals surface area contributed by atoms with E-state index in [-0.39, 0.29) is 16.1 Å². The fourth-order valence-corrected chi connectivity index (χ4v) is 2.32. The Labute approximate surface area is 133 Å². The molecule has 10 heteroatoms. The number of aryl methyl sites for hydroxylation is 1. The zero-order chi connectivity index (χ0) is 17.5. The first-order chi connectivity index (χ1) is 10.6. The summed E-state index contributed by atoms with van der Waals surface area (Å²) in [6.45, 7) is 2.01. The van der Waals surface area contributed by atoms with Gasteiger partial charge in [-0.2, -0.15) is 13.2 Å². The molecule has 0 bridgehead atoms. The molecule has 0 spiro atoms. The molecular formula is C13H13F5N4S. The molecule has 0 saturated carbocycles. The first-order valence-corrected chi connectivity index (χ1v) is 6.92. The Balaban J connectivity index is 2.72. The van der Waals surface area contributed by atoms with Crippen LogP contribution in [0.1, 0.15) is 12.7 Å². The van der Waals surface area contributed by atoms with Gasteiger partial charge in [-0.15, -0.1) is 5.10 Å². The van der Waals surface area contributed by atoms with E-state index in [1.54, 1.807) is 6.92 Å². The number of halogens is 5. The number of benzene rings is 1. The molecule has 2 rings (SSSR count). The van der Waals surface area contributed by atoms with Gasteiger partial charge in [-0.3, -0.25) is 4.57 Å². The summed E-state index contributed by atoms with van der Waals surface area (Å²) in [6, 6.07) is 1.61. The predicted molar refractivity (Wildman–Crippen MR) is 77.2 cm³/mol. The van der Waals surface area contributed by atoms with Crippen LogP contribution in [0, 0.1) is 16.4 Å². The van der Waals surface area contributed by atoms with E-state index in [1.807, 2.05) is 0 Å². The predicted octanol–water partition coefficient (Wildman–Crippen LogP) is 3.69. The van der Waals surface area contributed by atoms with Gasteiger partial charge in [0.25, 0.3) is 0 Å². The summed E-state index contributed by atoms with van der Waals surface area (Å²) in [4.78, 5) is 1.31. The zero-order valence-corrected chi connectivity index (χ0v) is 13.3. The van der Waals surface area contributed by atoms with Crippen LogP contribution in [0.3, 0.4) is 0 Å². The largest absolute Gasteiger partial charge is 0.452 e. The minimum atomic E-state index is -4.82. The summed E-state index contributed by atoms with van der Waals surface area (Å²) in [5, 5.41) is 3.29. The highest BCUT2D eigenvalue weighted by atomic mass is 32.1. The van der Waals surface area contributed by atoms with Crippen LogP contribution in [0.25, 0.3) is 5.69 Å². The topological polar surface area (TPSA) is 26.0 Å². The van der Waals surface area contributed by atoms with E-state index < -0.39 is 23.6 Å². The van der Waals surface area contributed by atoms with Gasteiger partial charge < -0.3 is 4.90 Å². The highest BCUT2D eigenvalue weighted by Crippen LogP contribution is 2.32. The maximum atomic E-state index is 14.2. The molecule has 0 saturated heterocycles. The molecule has 0 N–H and O–H groups in total. The summed E-state index contributed by atoms with van der Waals surface area (Å²) < 4.78 is 68.5. The molecular weight excluding hydrogens is 339 g/mol. The maximum absolute atomic E-state index is 14.2. The standard InChI is InChI=1S/C13H13F5N4S/c1-4-20(2)10-8(14)5-7(6-9(10)15)22-11(13(16,17)18)19-21(3)12(22)23/h5-6H,4H2,1-3H3. The van der Waals surface area contributed by atoms with Crippen molar-refractivity contribution in [3.8, 4) is 5.69 Å². The van der Waals surface area contributed by atoms with Crippen LogP contribution < -0.4 is 4.90 Å². The Bertz CT molecular complexity index is 770. The molecule has 0 atom stereocenters. The van der Waals surface area contributed by atoms with E-state index in [4.69, 9.17) is 12.2 Å². The van der Waals surface area contributed by atoms with Crippen LogP contribution in [-0.2, 0) is 13.2 Å². The molecule has 1 aromatic heterocycles. The van der Waals surface area contributed by atoms with Gasteiger partial charge >= 0.3 is 6.18 Å². The van der Waals surface area contributed by atoms with E-state index in [9.17, 15) is 22.0 Å². The molecule has 0 unspecified atom stereocenters. The van der Waals surface area contributed by atoms with Crippen molar-refractivity contribution in [3.63, 3.8) is 0 Å². The molecule has 0 aliphatic heterocycles. The Morgan fingerprint density at radius 1 is 1.22 bits per heavy atom. The van der Waals surface area contributed by atoms with E-state index in [1.165, 1.54) is 19.0 Å². The van der Waals surface area contributed by atoms with E-state index in [0.717, 1.165) is 16.8 Å². The van der Waals surface area contributed by atoms with Crippen molar-refractivity contribution >= 4 is 17.9 Å². The van der Waals surface area contributed by atoms with Gasteiger partial charge in [0.05, 0.1) is 5.69 Å². The molecule has 2 aromatic rings. The van der Waals surface area contributed by atoms with Crippen LogP contribution in [0.4, 0.5) is 27.6 Å². The Morgan fingerprint density at radius 3 is 2.17 bits per heavy atom. The summed E-state index contributed by atoms with van der Waals surface area (Å²) in [6.07, 6.45) is -4.82. The summed E-state index contributed by atoms with van der Waals surface area (Å²) in [5.74, 6) is -3.31. The monoisotopic (exact) mass is 352 g/mol. The highest BCUT2D eigenvalue weighted by molar-refractivity contribution is 7.71. The molecule has 1 heterocycles. The van der Waals surface area contributed by atoms with Crippen LogP contribution >= 0.6 is 12.2 Å². The Kier molecular flexibility index (Phi) is 4.47. The molecule has 4 nitrogen and oxygen atoms in total. The lowest BCUT2D eigenvalue weighted by Gasteiger charge is -2.19. The highest BCUT2D eigenvalue weighted by Gasteiger charge is 2.38. The smallest absolute Gasteiger partial charge is 0.370 e. The van der Waals surface area contributed by atoms with Crippen LogP contribution in [0.5, 0.6) is 0 Å². The summed E-state index contributed by atoms with van der Waals surface area (Å²) in [7, 11) is 2.69. The fraction of sp³-hybridized carbons (Fsp3) is 0.385. The number of hydrogen-bond donors (Lipinski definition) is 0. The van der Waals surface area contributed by atoms with Crippen molar-refractivity contribution in [1.29, 1.82) is 0 Å². The van der Waals surface area contributed by atoms with Crippen molar-refractivity contribution in [3.05, 3.63) is 34.4 Å². The Morgan fingerprint density at radius 2 is 1.74 bits per heavy atom. The lowest BCUT2D eigenvalue weighted by molar-refractivity contribution is -0.146. The second-order valence-electron chi connectivity index (χ2n) is 4.84. The molecule has 0 aliphatic rings. The Hall–Kier alpha value is -1.97. The minimum absolute atomic E-state index is 0.319. The number of rotatable bonds is 3. The average molecular weight is 352 g/mol. The van der Waals surface area contributed by atoms with Crippen LogP contribution in [0.2, 0.25) is 0 Å². The van der Waals surface area contributed by atoms with Crippen molar-refractivity contribution in [1.82, 2.24) is 14.3 Å². The third-order valence-corrected chi connectivity index (χ3v) is 3.74. The van der Waals surface area contributed by atoms with Gasteiger partial charge in [0, 0.05) is 32.8 Å². The molecule has 126 valence electrons. The third-order valence-electron chi connectivity index (χ3n) is 3.29. The number of alkyl halides is 3. The second kappa shape index (κ2) is 5.91. The molecule has 0 fully saturated rings. The number of hydrogen-bond acceptors (Lipinski definition) is 3. The quantitative estimate of drug-likeness (QED) is 0.622. The molecule has 23 heavy (non-hydrogen) atoms. The van der Waals surface area contributed by atoms with Gasteiger partial charge in [0.2, 0.25) is 10.6 Å². The van der Waals surface area contributed by atoms with E-state index in [2.05, 4.69) is 5.10 Å². The van der Waals surface area contributed by atoms with Crippen molar-refractivity contribution in [2.45, 2.75) is 13.1 Å². The number of aromatic nitrogens is 3. The number of anilines is 1. The zero-order valence-electron chi connectivity index (χ0n) is 12.4. The fourth-order valence-electron chi connectivity index (χ4n) is 2.09. The second-order valence-corrected chi connectivity index (χ2v) is 5.20. The minimum Gasteiger partial charge on any atom is -0.370 e. The van der Waals surface area contributed by atoms with Gasteiger partial charge in [0.1, 0.15) is 5.69 Å². The SMILES string of the molecule is CCN(C)c1c(F)cc(-n2c(C(F)(F)F)nn(C)c2=S)cc1F. The van der Waals surface area contributed by atoms with E-state index in [0.29, 0.717) is 11.1 Å². The third kappa shape index (κ3) is 3.07. The lowest BCUT2D eigenvalue weighted by Crippen LogP contribution is -2.20. The summed E-state index contributed by atoms with van der Waals surface area (Å²) in [5.41, 5.74) is -0.695. The van der Waals surface area contributed by atoms with Gasteiger partial charge in [-0.25, -0.2) is 13.5 Å². The van der Waals surface area contributed by atoms with Crippen molar-refractivity contribution in [2.75, 3.05) is 18.5 Å². The van der Waals surface area contributed by atoms with E-state index >= 15 is 0 Å². The molecule has 0 amide bonds. The number of nitrogens with zero attached hydrogens (tertiary/aromatic N) is 4. The van der Waals surface area contributed by atoms with Gasteiger partial charge in [-0.05, 0) is 19.1 Å². The first-order valence-electron chi connectivity index (χ1n) is 6.51. The van der Waals surface area contributed by atoms with Crippen LogP contribution in [0.15, 0.2) is 12.1 Å². The van der Waals surface area contributed by atoms with Gasteiger partial charge in [-0.1, -0.05) is 0 Å². The molecule has 0 aliphatic carbocycles. The average Bonchev–Trinajstić information content (AvgIpc) is 2.73. The molecule has 1 aromatic carbocycles. The van der Waals surface area contributed by atoms with Crippen LogP contribution in [-0.4, -0.2) is 27.9 Å². The summed E-state index contributed by atoms with van der Waals surface area (Å²) >= 11 is 4.87. The lowest BCUT2D eigenvalue weighted by atomic mass is 10.2. The van der Waals surface area contributed by atoms with Crippen molar-refractivity contribution < 1.29 is 22.0 Å². The normalized spacial score (nSPS) is 11.8. The van der Waals surface area contributed by atoms with Crippen molar-refractivity contribution in [2.24, 2.45) is 7.05 Å².